The average molecular weight is 271 g/mol. The molecule has 2 aliphatic rings. The standard InChI is InChI=1S/C19H29N/c1-14(2)16-10-5-6-12-18(16)20-19-13-7-9-15-8-3-4-11-17(15)19/h7,9,13-14,16,18,20H,3-6,8,10-12H2,1-2H3. The van der Waals surface area contributed by atoms with Gasteiger partial charge in [0.2, 0.25) is 0 Å². The van der Waals surface area contributed by atoms with Crippen LogP contribution in [-0.4, -0.2) is 6.04 Å². The Morgan fingerprint density at radius 3 is 2.65 bits per heavy atom. The van der Waals surface area contributed by atoms with Gasteiger partial charge in [0.1, 0.15) is 0 Å². The van der Waals surface area contributed by atoms with Crippen molar-refractivity contribution in [3.05, 3.63) is 29.3 Å². The summed E-state index contributed by atoms with van der Waals surface area (Å²) in [5.74, 6) is 1.65. The molecular weight excluding hydrogens is 242 g/mol. The number of rotatable bonds is 3. The third kappa shape index (κ3) is 2.87. The van der Waals surface area contributed by atoms with Crippen molar-refractivity contribution in [1.29, 1.82) is 0 Å². The summed E-state index contributed by atoms with van der Waals surface area (Å²) in [4.78, 5) is 0. The zero-order valence-electron chi connectivity index (χ0n) is 13.1. The Labute approximate surface area is 124 Å². The number of anilines is 1. The van der Waals surface area contributed by atoms with Crippen LogP contribution in [0.4, 0.5) is 5.69 Å². The van der Waals surface area contributed by atoms with Gasteiger partial charge in [0.15, 0.2) is 0 Å². The molecule has 110 valence electrons. The van der Waals surface area contributed by atoms with E-state index in [1.807, 2.05) is 0 Å². The first-order valence-corrected chi connectivity index (χ1v) is 8.63. The Balaban J connectivity index is 1.79. The first-order valence-electron chi connectivity index (χ1n) is 8.63. The van der Waals surface area contributed by atoms with E-state index in [9.17, 15) is 0 Å². The van der Waals surface area contributed by atoms with E-state index in [1.165, 1.54) is 57.1 Å². The summed E-state index contributed by atoms with van der Waals surface area (Å²) in [5, 5.41) is 3.94. The van der Waals surface area contributed by atoms with Crippen molar-refractivity contribution >= 4 is 5.69 Å². The lowest BCUT2D eigenvalue weighted by molar-refractivity contribution is 0.253. The van der Waals surface area contributed by atoms with E-state index < -0.39 is 0 Å². The van der Waals surface area contributed by atoms with E-state index in [4.69, 9.17) is 0 Å². The number of fused-ring (bicyclic) bond motifs is 1. The molecule has 0 saturated heterocycles. The molecule has 2 aliphatic carbocycles. The quantitative estimate of drug-likeness (QED) is 0.797. The molecule has 0 radical (unpaired) electrons. The molecule has 0 aliphatic heterocycles. The molecule has 1 aromatic carbocycles. The van der Waals surface area contributed by atoms with Crippen LogP contribution >= 0.6 is 0 Å². The summed E-state index contributed by atoms with van der Waals surface area (Å²) in [6, 6.07) is 7.59. The van der Waals surface area contributed by atoms with Gasteiger partial charge in [-0.05, 0) is 67.6 Å². The summed E-state index contributed by atoms with van der Waals surface area (Å²) in [6.07, 6.45) is 10.9. The van der Waals surface area contributed by atoms with Gasteiger partial charge in [0, 0.05) is 11.7 Å². The molecule has 0 spiro atoms. The highest BCUT2D eigenvalue weighted by molar-refractivity contribution is 5.56. The predicted molar refractivity (Wildman–Crippen MR) is 87.3 cm³/mol. The molecule has 1 nitrogen and oxygen atoms in total. The lowest BCUT2D eigenvalue weighted by Crippen LogP contribution is -2.35. The highest BCUT2D eigenvalue weighted by Crippen LogP contribution is 2.35. The molecular formula is C19H29N. The summed E-state index contributed by atoms with van der Waals surface area (Å²) < 4.78 is 0. The molecule has 1 saturated carbocycles. The number of aryl methyl sites for hydroxylation is 1. The van der Waals surface area contributed by atoms with Crippen LogP contribution in [0.5, 0.6) is 0 Å². The van der Waals surface area contributed by atoms with Crippen LogP contribution in [-0.2, 0) is 12.8 Å². The maximum absolute atomic E-state index is 3.94. The third-order valence-electron chi connectivity index (χ3n) is 5.41. The van der Waals surface area contributed by atoms with Crippen molar-refractivity contribution in [2.75, 3.05) is 5.32 Å². The molecule has 1 N–H and O–H groups in total. The monoisotopic (exact) mass is 271 g/mol. The van der Waals surface area contributed by atoms with E-state index >= 15 is 0 Å². The minimum Gasteiger partial charge on any atom is -0.382 e. The van der Waals surface area contributed by atoms with Gasteiger partial charge in [-0.2, -0.15) is 0 Å². The molecule has 1 aromatic rings. The molecule has 1 fully saturated rings. The first kappa shape index (κ1) is 14.0. The largest absolute Gasteiger partial charge is 0.382 e. The lowest BCUT2D eigenvalue weighted by atomic mass is 9.77. The van der Waals surface area contributed by atoms with Crippen LogP contribution in [0.25, 0.3) is 0 Å². The third-order valence-corrected chi connectivity index (χ3v) is 5.41. The molecule has 20 heavy (non-hydrogen) atoms. The predicted octanol–water partition coefficient (Wildman–Crippen LogP) is 5.19. The summed E-state index contributed by atoms with van der Waals surface area (Å²) in [7, 11) is 0. The molecule has 2 unspecified atom stereocenters. The second kappa shape index (κ2) is 6.20. The second-order valence-electron chi connectivity index (χ2n) is 7.09. The Morgan fingerprint density at radius 2 is 1.80 bits per heavy atom. The minimum atomic E-state index is 0.692. The van der Waals surface area contributed by atoms with Crippen LogP contribution in [0.3, 0.4) is 0 Å². The Morgan fingerprint density at radius 1 is 1.00 bits per heavy atom. The van der Waals surface area contributed by atoms with Gasteiger partial charge >= 0.3 is 0 Å². The van der Waals surface area contributed by atoms with Crippen molar-refractivity contribution in [3.8, 4) is 0 Å². The maximum Gasteiger partial charge on any atom is 0.0377 e. The van der Waals surface area contributed by atoms with Crippen molar-refractivity contribution in [2.24, 2.45) is 11.8 Å². The molecule has 0 aromatic heterocycles. The van der Waals surface area contributed by atoms with Crippen LogP contribution in [0, 0.1) is 11.8 Å². The topological polar surface area (TPSA) is 12.0 Å². The van der Waals surface area contributed by atoms with E-state index in [-0.39, 0.29) is 0 Å². The van der Waals surface area contributed by atoms with Crippen LogP contribution in [0.2, 0.25) is 0 Å². The molecule has 0 bridgehead atoms. The first-order chi connectivity index (χ1) is 9.75. The van der Waals surface area contributed by atoms with Gasteiger partial charge in [0.25, 0.3) is 0 Å². The van der Waals surface area contributed by atoms with Gasteiger partial charge in [-0.15, -0.1) is 0 Å². The normalized spacial score (nSPS) is 26.4. The van der Waals surface area contributed by atoms with Crippen LogP contribution in [0.15, 0.2) is 18.2 Å². The maximum atomic E-state index is 3.94. The van der Waals surface area contributed by atoms with Gasteiger partial charge in [-0.25, -0.2) is 0 Å². The number of hydrogen-bond acceptors (Lipinski definition) is 1. The van der Waals surface area contributed by atoms with Crippen LogP contribution in [0.1, 0.15) is 63.5 Å². The summed E-state index contributed by atoms with van der Waals surface area (Å²) in [6.45, 7) is 4.79. The minimum absolute atomic E-state index is 0.692. The van der Waals surface area contributed by atoms with Gasteiger partial charge in [0.05, 0.1) is 0 Å². The smallest absolute Gasteiger partial charge is 0.0377 e. The SMILES string of the molecule is CC(C)C1CCCCC1Nc1cccc2c1CCCC2. The van der Waals surface area contributed by atoms with E-state index in [0.29, 0.717) is 6.04 Å². The second-order valence-corrected chi connectivity index (χ2v) is 7.09. The highest BCUT2D eigenvalue weighted by Gasteiger charge is 2.28. The zero-order valence-corrected chi connectivity index (χ0v) is 13.1. The van der Waals surface area contributed by atoms with Gasteiger partial charge in [-0.1, -0.05) is 38.8 Å². The van der Waals surface area contributed by atoms with Crippen LogP contribution < -0.4 is 5.32 Å². The molecule has 3 rings (SSSR count). The molecule has 0 heterocycles. The fourth-order valence-corrected chi connectivity index (χ4v) is 4.25. The summed E-state index contributed by atoms with van der Waals surface area (Å²) >= 11 is 0. The number of benzene rings is 1. The van der Waals surface area contributed by atoms with Crippen molar-refractivity contribution < 1.29 is 0 Å². The zero-order chi connectivity index (χ0) is 13.9. The molecule has 0 amide bonds. The molecule has 2 atom stereocenters. The van der Waals surface area contributed by atoms with E-state index in [1.54, 1.807) is 11.1 Å². The van der Waals surface area contributed by atoms with Crippen molar-refractivity contribution in [2.45, 2.75) is 71.3 Å². The number of nitrogens with one attached hydrogen (secondary N) is 1. The Bertz CT molecular complexity index is 449. The van der Waals surface area contributed by atoms with Gasteiger partial charge in [-0.3, -0.25) is 0 Å². The fraction of sp³-hybridized carbons (Fsp3) is 0.684. The van der Waals surface area contributed by atoms with Crippen molar-refractivity contribution in [1.82, 2.24) is 0 Å². The lowest BCUT2D eigenvalue weighted by Gasteiger charge is -2.36. The average Bonchev–Trinajstić information content (AvgIpc) is 2.48. The van der Waals surface area contributed by atoms with Gasteiger partial charge < -0.3 is 5.32 Å². The van der Waals surface area contributed by atoms with E-state index in [0.717, 1.165) is 11.8 Å². The highest BCUT2D eigenvalue weighted by atomic mass is 14.9. The fourth-order valence-electron chi connectivity index (χ4n) is 4.25. The molecule has 1 heteroatoms. The van der Waals surface area contributed by atoms with Crippen molar-refractivity contribution in [3.63, 3.8) is 0 Å². The number of hydrogen-bond donors (Lipinski definition) is 1. The summed E-state index contributed by atoms with van der Waals surface area (Å²) in [5.41, 5.74) is 4.66. The Kier molecular flexibility index (Phi) is 4.33. The van der Waals surface area contributed by atoms with E-state index in [2.05, 4.69) is 37.4 Å². The Hall–Kier alpha value is -0.980.